The minimum absolute atomic E-state index is 0.0156. The summed E-state index contributed by atoms with van der Waals surface area (Å²) in [6, 6.07) is 7.58. The first-order valence-corrected chi connectivity index (χ1v) is 7.03. The number of anilines is 1. The molecule has 1 aromatic rings. The van der Waals surface area contributed by atoms with Crippen molar-refractivity contribution in [3.63, 3.8) is 0 Å². The molecule has 1 aromatic carbocycles. The van der Waals surface area contributed by atoms with Gasteiger partial charge in [-0.1, -0.05) is 32.0 Å². The van der Waals surface area contributed by atoms with Gasteiger partial charge in [0.05, 0.1) is 0 Å². The van der Waals surface area contributed by atoms with Gasteiger partial charge < -0.3 is 15.5 Å². The van der Waals surface area contributed by atoms with Crippen molar-refractivity contribution in [3.05, 3.63) is 29.8 Å². The van der Waals surface area contributed by atoms with Gasteiger partial charge in [0.1, 0.15) is 0 Å². The summed E-state index contributed by atoms with van der Waals surface area (Å²) in [6.45, 7) is 5.80. The fourth-order valence-corrected chi connectivity index (χ4v) is 2.09. The molecule has 0 unspecified atom stereocenters. The van der Waals surface area contributed by atoms with Crippen molar-refractivity contribution in [2.45, 2.75) is 26.8 Å². The molecule has 3 amide bonds. The number of rotatable bonds is 5. The van der Waals surface area contributed by atoms with E-state index >= 15 is 0 Å². The number of benzene rings is 1. The van der Waals surface area contributed by atoms with E-state index in [1.165, 1.54) is 0 Å². The molecule has 1 heterocycles. The molecule has 5 nitrogen and oxygen atoms in total. The van der Waals surface area contributed by atoms with Crippen LogP contribution in [0.25, 0.3) is 0 Å². The van der Waals surface area contributed by atoms with E-state index in [0.29, 0.717) is 19.6 Å². The first kappa shape index (κ1) is 14.4. The lowest BCUT2D eigenvalue weighted by molar-refractivity contribution is -0.119. The monoisotopic (exact) mass is 275 g/mol. The molecule has 0 bridgehead atoms. The van der Waals surface area contributed by atoms with Crippen LogP contribution in [0.15, 0.2) is 24.3 Å². The van der Waals surface area contributed by atoms with Crippen molar-refractivity contribution in [1.29, 1.82) is 0 Å². The maximum atomic E-state index is 12.0. The fraction of sp³-hybridized carbons (Fsp3) is 0.467. The molecule has 1 fully saturated rings. The molecule has 20 heavy (non-hydrogen) atoms. The number of carbonyl (C=O) groups excluding carboxylic acids is 2. The summed E-state index contributed by atoms with van der Waals surface area (Å²) in [5.74, 6) is 0.00367. The van der Waals surface area contributed by atoms with Crippen LogP contribution < -0.4 is 10.6 Å². The minimum atomic E-state index is -0.0481. The van der Waals surface area contributed by atoms with E-state index in [9.17, 15) is 9.59 Å². The van der Waals surface area contributed by atoms with Crippen LogP contribution >= 0.6 is 0 Å². The van der Waals surface area contributed by atoms with Crippen molar-refractivity contribution < 1.29 is 9.59 Å². The maximum Gasteiger partial charge on any atom is 0.317 e. The van der Waals surface area contributed by atoms with Crippen molar-refractivity contribution >= 4 is 17.6 Å². The summed E-state index contributed by atoms with van der Waals surface area (Å²) in [4.78, 5) is 25.3. The Morgan fingerprint density at radius 1 is 1.45 bits per heavy atom. The second-order valence-corrected chi connectivity index (χ2v) is 5.11. The zero-order chi connectivity index (χ0) is 14.5. The molecule has 0 aliphatic carbocycles. The van der Waals surface area contributed by atoms with Gasteiger partial charge in [0.25, 0.3) is 0 Å². The molecule has 2 N–H and O–H groups in total. The summed E-state index contributed by atoms with van der Waals surface area (Å²) >= 11 is 0. The summed E-state index contributed by atoms with van der Waals surface area (Å²) in [5, 5.41) is 5.73. The fourth-order valence-electron chi connectivity index (χ4n) is 2.09. The van der Waals surface area contributed by atoms with Crippen LogP contribution in [-0.4, -0.2) is 29.9 Å². The second kappa shape index (κ2) is 6.41. The summed E-state index contributed by atoms with van der Waals surface area (Å²) in [7, 11) is 0. The van der Waals surface area contributed by atoms with E-state index in [1.807, 2.05) is 38.1 Å². The van der Waals surface area contributed by atoms with E-state index < -0.39 is 0 Å². The van der Waals surface area contributed by atoms with Gasteiger partial charge in [-0.3, -0.25) is 4.79 Å². The number of nitrogens with zero attached hydrogens (tertiary/aromatic N) is 1. The zero-order valence-corrected chi connectivity index (χ0v) is 12.0. The van der Waals surface area contributed by atoms with Gasteiger partial charge in [0, 0.05) is 31.2 Å². The van der Waals surface area contributed by atoms with Gasteiger partial charge in [-0.2, -0.15) is 0 Å². The molecule has 108 valence electrons. The van der Waals surface area contributed by atoms with Crippen LogP contribution in [0.5, 0.6) is 0 Å². The maximum absolute atomic E-state index is 12.0. The summed E-state index contributed by atoms with van der Waals surface area (Å²) in [5.41, 5.74) is 1.75. The third kappa shape index (κ3) is 3.29. The van der Waals surface area contributed by atoms with E-state index in [-0.39, 0.29) is 17.9 Å². The number of hydrogen-bond acceptors (Lipinski definition) is 2. The molecule has 5 heteroatoms. The predicted molar refractivity (Wildman–Crippen MR) is 78.3 cm³/mol. The Kier molecular flexibility index (Phi) is 4.61. The average Bonchev–Trinajstić information content (AvgIpc) is 2.85. The Hall–Kier alpha value is -2.04. The lowest BCUT2D eigenvalue weighted by atomic mass is 10.1. The highest BCUT2D eigenvalue weighted by Gasteiger charge is 2.21. The van der Waals surface area contributed by atoms with Gasteiger partial charge in [-0.05, 0) is 18.1 Å². The molecule has 0 spiro atoms. The van der Waals surface area contributed by atoms with Crippen molar-refractivity contribution in [3.8, 4) is 0 Å². The highest BCUT2D eigenvalue weighted by Crippen LogP contribution is 2.19. The molecule has 2 rings (SSSR count). The van der Waals surface area contributed by atoms with E-state index in [1.54, 1.807) is 4.90 Å². The van der Waals surface area contributed by atoms with Crippen LogP contribution in [-0.2, 0) is 11.3 Å². The molecule has 0 radical (unpaired) electrons. The largest absolute Gasteiger partial charge is 0.336 e. The van der Waals surface area contributed by atoms with Crippen LogP contribution in [0, 0.1) is 5.92 Å². The Bertz CT molecular complexity index is 502. The van der Waals surface area contributed by atoms with Crippen LogP contribution in [0.1, 0.15) is 25.8 Å². The van der Waals surface area contributed by atoms with Gasteiger partial charge >= 0.3 is 6.03 Å². The van der Waals surface area contributed by atoms with Gasteiger partial charge in [0.15, 0.2) is 0 Å². The number of para-hydroxylation sites is 1. The Balaban J connectivity index is 2.09. The van der Waals surface area contributed by atoms with Crippen LogP contribution in [0.2, 0.25) is 0 Å². The standard InChI is InChI=1S/C15H21N3O2/c1-3-11(2)14(19)17-13-7-5-4-6-12(13)10-18-9-8-16-15(18)20/h4-7,11H,3,8-10H2,1-2H3,(H,16,20)(H,17,19)/t11-/m1/s1. The molecular weight excluding hydrogens is 254 g/mol. The molecule has 0 saturated carbocycles. The smallest absolute Gasteiger partial charge is 0.317 e. The number of amides is 3. The van der Waals surface area contributed by atoms with Crippen LogP contribution in [0.4, 0.5) is 10.5 Å². The van der Waals surface area contributed by atoms with E-state index in [2.05, 4.69) is 10.6 Å². The van der Waals surface area contributed by atoms with E-state index in [4.69, 9.17) is 0 Å². The third-order valence-corrected chi connectivity index (χ3v) is 3.64. The first-order valence-electron chi connectivity index (χ1n) is 7.03. The minimum Gasteiger partial charge on any atom is -0.336 e. The third-order valence-electron chi connectivity index (χ3n) is 3.64. The lowest BCUT2D eigenvalue weighted by Crippen LogP contribution is -2.28. The summed E-state index contributed by atoms with van der Waals surface area (Å²) < 4.78 is 0. The van der Waals surface area contributed by atoms with Crippen molar-refractivity contribution in [1.82, 2.24) is 10.2 Å². The van der Waals surface area contributed by atoms with Gasteiger partial charge in [0.2, 0.25) is 5.91 Å². The molecule has 1 aliphatic heterocycles. The number of hydrogen-bond donors (Lipinski definition) is 2. The second-order valence-electron chi connectivity index (χ2n) is 5.11. The molecule has 1 aliphatic rings. The highest BCUT2D eigenvalue weighted by atomic mass is 16.2. The highest BCUT2D eigenvalue weighted by molar-refractivity contribution is 5.93. The first-order chi connectivity index (χ1) is 9.61. The quantitative estimate of drug-likeness (QED) is 0.865. The topological polar surface area (TPSA) is 61.4 Å². The summed E-state index contributed by atoms with van der Waals surface area (Å²) in [6.07, 6.45) is 0.808. The van der Waals surface area contributed by atoms with Crippen molar-refractivity contribution in [2.24, 2.45) is 5.92 Å². The SMILES string of the molecule is CC[C@@H](C)C(=O)Nc1ccccc1CN1CCNC1=O. The van der Waals surface area contributed by atoms with Crippen LogP contribution in [0.3, 0.4) is 0 Å². The normalized spacial score (nSPS) is 15.9. The molecular formula is C15H21N3O2. The number of nitrogens with one attached hydrogen (secondary N) is 2. The number of urea groups is 1. The predicted octanol–water partition coefficient (Wildman–Crippen LogP) is 2.20. The molecule has 1 atom stereocenters. The molecule has 0 aromatic heterocycles. The van der Waals surface area contributed by atoms with Gasteiger partial charge in [-0.15, -0.1) is 0 Å². The number of carbonyl (C=O) groups is 2. The Morgan fingerprint density at radius 2 is 2.20 bits per heavy atom. The van der Waals surface area contributed by atoms with Gasteiger partial charge in [-0.25, -0.2) is 4.79 Å². The van der Waals surface area contributed by atoms with Crippen molar-refractivity contribution in [2.75, 3.05) is 18.4 Å². The Labute approximate surface area is 119 Å². The average molecular weight is 275 g/mol. The molecule has 1 saturated heterocycles. The Morgan fingerprint density at radius 3 is 2.85 bits per heavy atom. The van der Waals surface area contributed by atoms with E-state index in [0.717, 1.165) is 17.7 Å². The zero-order valence-electron chi connectivity index (χ0n) is 12.0. The lowest BCUT2D eigenvalue weighted by Gasteiger charge is -2.18.